The van der Waals surface area contributed by atoms with E-state index in [0.29, 0.717) is 9.90 Å². The summed E-state index contributed by atoms with van der Waals surface area (Å²) in [6.07, 6.45) is 3.59. The lowest BCUT2D eigenvalue weighted by Gasteiger charge is -2.33. The molecule has 4 rings (SSSR count). The molecule has 1 aromatic carbocycles. The van der Waals surface area contributed by atoms with E-state index in [2.05, 4.69) is 10.1 Å². The predicted molar refractivity (Wildman–Crippen MR) is 112 cm³/mol. The molecule has 1 aliphatic rings. The first kappa shape index (κ1) is 19.0. The molecule has 3 aromatic rings. The van der Waals surface area contributed by atoms with Crippen LogP contribution in [0.3, 0.4) is 0 Å². The number of benzene rings is 1. The summed E-state index contributed by atoms with van der Waals surface area (Å²) in [5.41, 5.74) is 6.71. The molecule has 0 aliphatic carbocycles. The molecule has 2 N–H and O–H groups in total. The Morgan fingerprint density at radius 3 is 2.75 bits per heavy atom. The van der Waals surface area contributed by atoms with Crippen LogP contribution in [0.1, 0.15) is 11.8 Å². The molecular formula is C18H18ClN5O2S2. The van der Waals surface area contributed by atoms with E-state index in [4.69, 9.17) is 17.3 Å². The average Bonchev–Trinajstić information content (AvgIpc) is 3.29. The van der Waals surface area contributed by atoms with Crippen molar-refractivity contribution >= 4 is 38.9 Å². The van der Waals surface area contributed by atoms with Gasteiger partial charge in [0.1, 0.15) is 5.54 Å². The van der Waals surface area contributed by atoms with Crippen LogP contribution in [-0.4, -0.2) is 41.3 Å². The highest BCUT2D eigenvalue weighted by molar-refractivity contribution is 7.89. The summed E-state index contributed by atoms with van der Waals surface area (Å²) in [5.74, 6) is -0.232. The molecule has 0 fully saturated rings. The quantitative estimate of drug-likeness (QED) is 0.684. The molecule has 0 bridgehead atoms. The Morgan fingerprint density at radius 1 is 1.29 bits per heavy atom. The van der Waals surface area contributed by atoms with Crippen molar-refractivity contribution in [3.05, 3.63) is 58.7 Å². The number of halogens is 1. The van der Waals surface area contributed by atoms with Gasteiger partial charge in [0.15, 0.2) is 0 Å². The number of hydrogen-bond acceptors (Lipinski definition) is 6. The molecular weight excluding hydrogens is 418 g/mol. The Kier molecular flexibility index (Phi) is 4.48. The summed E-state index contributed by atoms with van der Waals surface area (Å²) in [6, 6.07) is 11.6. The van der Waals surface area contributed by atoms with Crippen molar-refractivity contribution in [3.63, 3.8) is 0 Å². The number of thiophene rings is 1. The molecule has 0 saturated carbocycles. The Hall–Kier alpha value is -2.36. The van der Waals surface area contributed by atoms with Gasteiger partial charge < -0.3 is 5.73 Å². The van der Waals surface area contributed by atoms with Gasteiger partial charge in [0.25, 0.3) is 0 Å². The van der Waals surface area contributed by atoms with Crippen LogP contribution in [0.25, 0.3) is 16.1 Å². The van der Waals surface area contributed by atoms with Gasteiger partial charge in [-0.25, -0.2) is 22.4 Å². The van der Waals surface area contributed by atoms with Crippen LogP contribution in [0.15, 0.2) is 53.8 Å². The fourth-order valence-corrected chi connectivity index (χ4v) is 6.33. The van der Waals surface area contributed by atoms with Gasteiger partial charge in [-0.2, -0.15) is 5.10 Å². The maximum atomic E-state index is 12.5. The van der Waals surface area contributed by atoms with Gasteiger partial charge >= 0.3 is 0 Å². The second-order valence-corrected chi connectivity index (χ2v) is 10.2. The largest absolute Gasteiger partial charge is 0.369 e. The summed E-state index contributed by atoms with van der Waals surface area (Å²) in [7, 11) is -2.16. The van der Waals surface area contributed by atoms with Crippen LogP contribution in [0.5, 0.6) is 0 Å². The van der Waals surface area contributed by atoms with E-state index in [9.17, 15) is 8.42 Å². The van der Waals surface area contributed by atoms with E-state index in [1.54, 1.807) is 17.8 Å². The third-order valence-corrected chi connectivity index (χ3v) is 8.44. The van der Waals surface area contributed by atoms with Gasteiger partial charge in [-0.1, -0.05) is 23.7 Å². The lowest BCUT2D eigenvalue weighted by atomic mass is 10.0. The van der Waals surface area contributed by atoms with Gasteiger partial charge in [-0.05, 0) is 36.8 Å². The molecule has 7 nitrogen and oxygen atoms in total. The van der Waals surface area contributed by atoms with Crippen molar-refractivity contribution < 1.29 is 8.42 Å². The van der Waals surface area contributed by atoms with Crippen molar-refractivity contribution in [2.45, 2.75) is 12.5 Å². The standard InChI is InChI=1S/C18H18ClN5O2S2/c1-18(11-28(25,26)23(2)17(20)22-18)16-14(19)10-15(27-16)12-5-3-6-13(9-12)24-8-4-7-21-24/h3-10H,11H2,1-2H3,(H2,20,22)/t18-/m0/s1. The van der Waals surface area contributed by atoms with Crippen molar-refractivity contribution in [1.82, 2.24) is 14.1 Å². The van der Waals surface area contributed by atoms with E-state index in [1.165, 1.54) is 18.4 Å². The number of nitrogens with two attached hydrogens (primary N) is 1. The van der Waals surface area contributed by atoms with Gasteiger partial charge in [-0.3, -0.25) is 0 Å². The number of nitrogens with zero attached hydrogens (tertiary/aromatic N) is 4. The normalized spacial score (nSPS) is 21.5. The minimum atomic E-state index is -3.56. The van der Waals surface area contributed by atoms with Gasteiger partial charge in [0.2, 0.25) is 16.0 Å². The molecule has 10 heteroatoms. The van der Waals surface area contributed by atoms with E-state index in [1.807, 2.05) is 42.6 Å². The highest BCUT2D eigenvalue weighted by atomic mass is 35.5. The van der Waals surface area contributed by atoms with Crippen LogP contribution in [-0.2, 0) is 15.6 Å². The fourth-order valence-electron chi connectivity index (χ4n) is 3.17. The van der Waals surface area contributed by atoms with Crippen molar-refractivity contribution in [2.75, 3.05) is 12.8 Å². The molecule has 3 heterocycles. The predicted octanol–water partition coefficient (Wildman–Crippen LogP) is 3.06. The van der Waals surface area contributed by atoms with Crippen LogP contribution in [0, 0.1) is 0 Å². The number of sulfonamides is 1. The average molecular weight is 436 g/mol. The highest BCUT2D eigenvalue weighted by Crippen LogP contribution is 2.44. The van der Waals surface area contributed by atoms with E-state index >= 15 is 0 Å². The van der Waals surface area contributed by atoms with Crippen LogP contribution in [0.4, 0.5) is 0 Å². The molecule has 0 saturated heterocycles. The zero-order valence-electron chi connectivity index (χ0n) is 15.2. The Balaban J connectivity index is 1.77. The first-order valence-electron chi connectivity index (χ1n) is 8.42. The minimum absolute atomic E-state index is 0.0413. The van der Waals surface area contributed by atoms with Crippen molar-refractivity contribution in [1.29, 1.82) is 0 Å². The zero-order chi connectivity index (χ0) is 20.1. The van der Waals surface area contributed by atoms with Crippen LogP contribution < -0.4 is 5.73 Å². The third-order valence-electron chi connectivity index (χ3n) is 4.64. The summed E-state index contributed by atoms with van der Waals surface area (Å²) in [6.45, 7) is 1.74. The lowest BCUT2D eigenvalue weighted by Crippen LogP contribution is -2.50. The van der Waals surface area contributed by atoms with Gasteiger partial charge in [0, 0.05) is 24.3 Å². The number of aliphatic imine (C=N–C) groups is 1. The van der Waals surface area contributed by atoms with Gasteiger partial charge in [0.05, 0.1) is 21.3 Å². The maximum absolute atomic E-state index is 12.5. The van der Waals surface area contributed by atoms with Crippen molar-refractivity contribution in [2.24, 2.45) is 10.7 Å². The van der Waals surface area contributed by atoms with Crippen LogP contribution in [0.2, 0.25) is 5.02 Å². The van der Waals surface area contributed by atoms with Crippen molar-refractivity contribution in [3.8, 4) is 16.1 Å². The summed E-state index contributed by atoms with van der Waals surface area (Å²) < 4.78 is 27.7. The number of hydrogen-bond donors (Lipinski definition) is 1. The topological polar surface area (TPSA) is 93.6 Å². The summed E-state index contributed by atoms with van der Waals surface area (Å²) in [5, 5.41) is 4.73. The summed E-state index contributed by atoms with van der Waals surface area (Å²) in [4.78, 5) is 6.03. The SMILES string of the molecule is CN1C(N)=N[C@](C)(c2sc(-c3cccc(-n4cccn4)c3)cc2Cl)CS1(=O)=O. The first-order chi connectivity index (χ1) is 13.2. The third kappa shape index (κ3) is 3.19. The molecule has 0 amide bonds. The monoisotopic (exact) mass is 435 g/mol. The highest BCUT2D eigenvalue weighted by Gasteiger charge is 2.42. The number of aromatic nitrogens is 2. The lowest BCUT2D eigenvalue weighted by molar-refractivity contribution is 0.482. The minimum Gasteiger partial charge on any atom is -0.369 e. The second-order valence-electron chi connectivity index (χ2n) is 6.76. The molecule has 1 aliphatic heterocycles. The second kappa shape index (κ2) is 6.61. The number of rotatable bonds is 3. The molecule has 28 heavy (non-hydrogen) atoms. The smallest absolute Gasteiger partial charge is 0.239 e. The molecule has 0 radical (unpaired) electrons. The molecule has 146 valence electrons. The maximum Gasteiger partial charge on any atom is 0.239 e. The van der Waals surface area contributed by atoms with E-state index < -0.39 is 15.6 Å². The first-order valence-corrected chi connectivity index (χ1v) is 11.2. The zero-order valence-corrected chi connectivity index (χ0v) is 17.6. The molecule has 0 spiro atoms. The summed E-state index contributed by atoms with van der Waals surface area (Å²) >= 11 is 7.93. The molecule has 0 unspecified atom stereocenters. The van der Waals surface area contributed by atoms with E-state index in [0.717, 1.165) is 20.4 Å². The number of guanidine groups is 1. The van der Waals surface area contributed by atoms with Crippen LogP contribution >= 0.6 is 22.9 Å². The van der Waals surface area contributed by atoms with E-state index in [-0.39, 0.29) is 11.7 Å². The Labute approximate surface area is 172 Å². The Morgan fingerprint density at radius 2 is 2.07 bits per heavy atom. The van der Waals surface area contributed by atoms with Gasteiger partial charge in [-0.15, -0.1) is 11.3 Å². The fraction of sp³-hybridized carbons (Fsp3) is 0.222. The Bertz CT molecular complexity index is 1170. The molecule has 2 aromatic heterocycles. The molecule has 1 atom stereocenters.